The normalized spacial score (nSPS) is 10.4. The summed E-state index contributed by atoms with van der Waals surface area (Å²) in [5.41, 5.74) is 1.03. The van der Waals surface area contributed by atoms with Crippen LogP contribution in [0.5, 0.6) is 0 Å². The lowest BCUT2D eigenvalue weighted by atomic mass is 10.5. The Bertz CT molecular complexity index is 347. The van der Waals surface area contributed by atoms with Crippen LogP contribution in [0.25, 0.3) is 0 Å². The summed E-state index contributed by atoms with van der Waals surface area (Å²) < 4.78 is 1.99. The highest BCUT2D eigenvalue weighted by molar-refractivity contribution is 4.96. The van der Waals surface area contributed by atoms with Gasteiger partial charge >= 0.3 is 0 Å². The Hall–Kier alpha value is -1.58. The zero-order valence-corrected chi connectivity index (χ0v) is 6.86. The van der Waals surface area contributed by atoms with E-state index in [-0.39, 0.29) is 0 Å². The predicted molar refractivity (Wildman–Crippen MR) is 44.7 cm³/mol. The SMILES string of the molecule is Cc1cn(Cc2ncc[nH]2)cn1. The molecule has 2 aromatic rings. The lowest BCUT2D eigenvalue weighted by Crippen LogP contribution is -1.97. The number of imidazole rings is 2. The maximum atomic E-state index is 4.12. The lowest BCUT2D eigenvalue weighted by molar-refractivity contribution is 0.755. The molecule has 12 heavy (non-hydrogen) atoms. The van der Waals surface area contributed by atoms with Crippen LogP contribution in [0.15, 0.2) is 24.9 Å². The number of hydrogen-bond acceptors (Lipinski definition) is 2. The van der Waals surface area contributed by atoms with Gasteiger partial charge in [-0.05, 0) is 6.92 Å². The van der Waals surface area contributed by atoms with E-state index >= 15 is 0 Å². The third kappa shape index (κ3) is 1.37. The minimum Gasteiger partial charge on any atom is -0.347 e. The predicted octanol–water partition coefficient (Wildman–Crippen LogP) is 0.963. The van der Waals surface area contributed by atoms with Gasteiger partial charge in [0.1, 0.15) is 5.82 Å². The van der Waals surface area contributed by atoms with Crippen molar-refractivity contribution in [2.45, 2.75) is 13.5 Å². The largest absolute Gasteiger partial charge is 0.347 e. The van der Waals surface area contributed by atoms with Crippen LogP contribution >= 0.6 is 0 Å². The Balaban J connectivity index is 2.14. The van der Waals surface area contributed by atoms with Gasteiger partial charge in [0.05, 0.1) is 18.6 Å². The van der Waals surface area contributed by atoms with Gasteiger partial charge in [-0.15, -0.1) is 0 Å². The van der Waals surface area contributed by atoms with Gasteiger partial charge in [-0.25, -0.2) is 9.97 Å². The van der Waals surface area contributed by atoms with E-state index in [4.69, 9.17) is 0 Å². The Morgan fingerprint density at radius 2 is 2.42 bits per heavy atom. The van der Waals surface area contributed by atoms with Crippen molar-refractivity contribution in [1.82, 2.24) is 19.5 Å². The van der Waals surface area contributed by atoms with E-state index in [9.17, 15) is 0 Å². The summed E-state index contributed by atoms with van der Waals surface area (Å²) in [6.45, 7) is 2.73. The number of H-pyrrole nitrogens is 1. The summed E-state index contributed by atoms with van der Waals surface area (Å²) in [5, 5.41) is 0. The fourth-order valence-electron chi connectivity index (χ4n) is 1.12. The first-order valence-electron chi connectivity index (χ1n) is 3.81. The molecule has 0 aromatic carbocycles. The topological polar surface area (TPSA) is 46.5 Å². The van der Waals surface area contributed by atoms with Crippen LogP contribution in [-0.2, 0) is 6.54 Å². The molecule has 4 nitrogen and oxygen atoms in total. The molecule has 62 valence electrons. The van der Waals surface area contributed by atoms with Crippen molar-refractivity contribution in [2.24, 2.45) is 0 Å². The fraction of sp³-hybridized carbons (Fsp3) is 0.250. The van der Waals surface area contributed by atoms with Gasteiger partial charge in [0, 0.05) is 18.6 Å². The van der Waals surface area contributed by atoms with Gasteiger partial charge in [0.2, 0.25) is 0 Å². The van der Waals surface area contributed by atoms with Gasteiger partial charge in [-0.3, -0.25) is 0 Å². The number of aromatic amines is 1. The van der Waals surface area contributed by atoms with Crippen LogP contribution in [0.3, 0.4) is 0 Å². The molecule has 0 aliphatic carbocycles. The van der Waals surface area contributed by atoms with Gasteiger partial charge < -0.3 is 9.55 Å². The minimum atomic E-state index is 0.758. The molecule has 2 rings (SSSR count). The molecule has 0 spiro atoms. The number of rotatable bonds is 2. The Morgan fingerprint density at radius 1 is 1.50 bits per heavy atom. The second-order valence-corrected chi connectivity index (χ2v) is 2.72. The van der Waals surface area contributed by atoms with Crippen LogP contribution in [0.2, 0.25) is 0 Å². The summed E-state index contributed by atoms with van der Waals surface area (Å²) >= 11 is 0. The molecular formula is C8H10N4. The highest BCUT2D eigenvalue weighted by Gasteiger charge is 1.96. The van der Waals surface area contributed by atoms with Gasteiger partial charge in [-0.2, -0.15) is 0 Å². The molecule has 0 radical (unpaired) electrons. The van der Waals surface area contributed by atoms with Crippen molar-refractivity contribution in [3.05, 3.63) is 36.4 Å². The third-order valence-electron chi connectivity index (χ3n) is 1.65. The molecule has 0 aliphatic rings. The summed E-state index contributed by atoms with van der Waals surface area (Å²) in [4.78, 5) is 11.3. The number of nitrogens with zero attached hydrogens (tertiary/aromatic N) is 3. The van der Waals surface area contributed by atoms with E-state index in [0.29, 0.717) is 0 Å². The molecule has 2 heterocycles. The van der Waals surface area contributed by atoms with E-state index in [1.807, 2.05) is 23.9 Å². The molecular weight excluding hydrogens is 152 g/mol. The summed E-state index contributed by atoms with van der Waals surface area (Å²) in [6, 6.07) is 0. The monoisotopic (exact) mass is 162 g/mol. The highest BCUT2D eigenvalue weighted by Crippen LogP contribution is 1.97. The molecule has 0 saturated heterocycles. The van der Waals surface area contributed by atoms with Crippen LogP contribution in [-0.4, -0.2) is 19.5 Å². The lowest BCUT2D eigenvalue weighted by Gasteiger charge is -1.96. The molecule has 4 heteroatoms. The molecule has 0 unspecified atom stereocenters. The average Bonchev–Trinajstić information content (AvgIpc) is 2.63. The van der Waals surface area contributed by atoms with Crippen molar-refractivity contribution in [2.75, 3.05) is 0 Å². The van der Waals surface area contributed by atoms with Gasteiger partial charge in [-0.1, -0.05) is 0 Å². The van der Waals surface area contributed by atoms with Crippen LogP contribution in [0, 0.1) is 6.92 Å². The van der Waals surface area contributed by atoms with Crippen molar-refractivity contribution in [3.8, 4) is 0 Å². The third-order valence-corrected chi connectivity index (χ3v) is 1.65. The van der Waals surface area contributed by atoms with E-state index in [1.54, 1.807) is 12.5 Å². The van der Waals surface area contributed by atoms with Crippen molar-refractivity contribution < 1.29 is 0 Å². The summed E-state index contributed by atoms with van der Waals surface area (Å²) in [7, 11) is 0. The first-order chi connectivity index (χ1) is 5.84. The minimum absolute atomic E-state index is 0.758. The molecule has 2 aromatic heterocycles. The standard InChI is InChI=1S/C8H10N4/c1-7-4-12(6-11-7)5-8-9-2-3-10-8/h2-4,6H,5H2,1H3,(H,9,10). The molecule has 0 saturated carbocycles. The summed E-state index contributed by atoms with van der Waals surface area (Å²) in [5.74, 6) is 0.951. The van der Waals surface area contributed by atoms with Crippen LogP contribution < -0.4 is 0 Å². The molecule has 0 aliphatic heterocycles. The number of aryl methyl sites for hydroxylation is 1. The number of aromatic nitrogens is 4. The second kappa shape index (κ2) is 2.81. The zero-order valence-electron chi connectivity index (χ0n) is 6.86. The fourth-order valence-corrected chi connectivity index (χ4v) is 1.12. The van der Waals surface area contributed by atoms with E-state index in [0.717, 1.165) is 18.1 Å². The average molecular weight is 162 g/mol. The first kappa shape index (κ1) is 7.09. The van der Waals surface area contributed by atoms with Gasteiger partial charge in [0.25, 0.3) is 0 Å². The Labute approximate surface area is 70.3 Å². The van der Waals surface area contributed by atoms with Crippen molar-refractivity contribution in [3.63, 3.8) is 0 Å². The first-order valence-corrected chi connectivity index (χ1v) is 3.81. The second-order valence-electron chi connectivity index (χ2n) is 2.72. The van der Waals surface area contributed by atoms with Crippen molar-refractivity contribution >= 4 is 0 Å². The molecule has 0 bridgehead atoms. The van der Waals surface area contributed by atoms with Crippen LogP contribution in [0.4, 0.5) is 0 Å². The van der Waals surface area contributed by atoms with E-state index < -0.39 is 0 Å². The molecule has 0 fully saturated rings. The maximum Gasteiger partial charge on any atom is 0.126 e. The van der Waals surface area contributed by atoms with Crippen LogP contribution in [0.1, 0.15) is 11.5 Å². The maximum absolute atomic E-state index is 4.12. The smallest absolute Gasteiger partial charge is 0.126 e. The number of hydrogen-bond donors (Lipinski definition) is 1. The van der Waals surface area contributed by atoms with Crippen molar-refractivity contribution in [1.29, 1.82) is 0 Å². The zero-order chi connectivity index (χ0) is 8.39. The number of nitrogens with one attached hydrogen (secondary N) is 1. The van der Waals surface area contributed by atoms with E-state index in [1.165, 1.54) is 0 Å². The Kier molecular flexibility index (Phi) is 1.66. The highest BCUT2D eigenvalue weighted by atomic mass is 15.1. The molecule has 0 amide bonds. The van der Waals surface area contributed by atoms with Gasteiger partial charge in [0.15, 0.2) is 0 Å². The van der Waals surface area contributed by atoms with E-state index in [2.05, 4.69) is 15.0 Å². The molecule has 0 atom stereocenters. The Morgan fingerprint density at radius 3 is 3.00 bits per heavy atom. The quantitative estimate of drug-likeness (QED) is 0.715. The summed E-state index contributed by atoms with van der Waals surface area (Å²) in [6.07, 6.45) is 7.36. The molecule has 1 N–H and O–H groups in total.